The summed E-state index contributed by atoms with van der Waals surface area (Å²) in [6.45, 7) is 5.83. The van der Waals surface area contributed by atoms with Crippen LogP contribution in [0.5, 0.6) is 0 Å². The van der Waals surface area contributed by atoms with Crippen LogP contribution in [0.1, 0.15) is 31.7 Å². The fourth-order valence-corrected chi connectivity index (χ4v) is 4.16. The van der Waals surface area contributed by atoms with Crippen molar-refractivity contribution in [2.45, 2.75) is 33.1 Å². The highest BCUT2D eigenvalue weighted by Crippen LogP contribution is 2.22. The van der Waals surface area contributed by atoms with Crippen molar-refractivity contribution in [2.75, 3.05) is 19.6 Å². The highest BCUT2D eigenvalue weighted by Gasteiger charge is 2.27. The van der Waals surface area contributed by atoms with Crippen LogP contribution in [0.15, 0.2) is 24.3 Å². The van der Waals surface area contributed by atoms with Crippen LogP contribution in [-0.4, -0.2) is 41.3 Å². The van der Waals surface area contributed by atoms with E-state index < -0.39 is 0 Å². The van der Waals surface area contributed by atoms with Crippen LogP contribution in [0.4, 0.5) is 0 Å². The lowest BCUT2D eigenvalue weighted by molar-refractivity contribution is -0.138. The van der Waals surface area contributed by atoms with Gasteiger partial charge in [-0.15, -0.1) is 11.3 Å². The quantitative estimate of drug-likeness (QED) is 0.893. The van der Waals surface area contributed by atoms with Gasteiger partial charge in [-0.05, 0) is 25.0 Å². The second-order valence-electron chi connectivity index (χ2n) is 6.87. The molecule has 25 heavy (non-hydrogen) atoms. The van der Waals surface area contributed by atoms with Crippen LogP contribution in [-0.2, 0) is 16.0 Å². The molecule has 1 fully saturated rings. The number of hydrogen-bond donors (Lipinski definition) is 1. The summed E-state index contributed by atoms with van der Waals surface area (Å²) in [6.07, 6.45) is 2.27. The van der Waals surface area contributed by atoms with E-state index in [1.54, 1.807) is 11.3 Å². The summed E-state index contributed by atoms with van der Waals surface area (Å²) >= 11 is 1.68. The number of carbonyl (C=O) groups is 2. The summed E-state index contributed by atoms with van der Waals surface area (Å²) < 4.78 is 1.19. The Morgan fingerprint density at radius 3 is 2.68 bits per heavy atom. The first kappa shape index (κ1) is 17.9. The Labute approximate surface area is 152 Å². The molecule has 0 saturated carbocycles. The van der Waals surface area contributed by atoms with Crippen LogP contribution < -0.4 is 5.32 Å². The molecule has 6 heteroatoms. The molecule has 1 aliphatic heterocycles. The first-order valence-corrected chi connectivity index (χ1v) is 9.77. The number of thiazole rings is 1. The van der Waals surface area contributed by atoms with Crippen molar-refractivity contribution in [3.8, 4) is 0 Å². The van der Waals surface area contributed by atoms with E-state index in [9.17, 15) is 9.59 Å². The van der Waals surface area contributed by atoms with E-state index in [1.807, 2.05) is 36.9 Å². The zero-order valence-corrected chi connectivity index (χ0v) is 15.6. The average molecular weight is 359 g/mol. The third-order valence-electron chi connectivity index (χ3n) is 4.65. The minimum absolute atomic E-state index is 0.0200. The van der Waals surface area contributed by atoms with Gasteiger partial charge in [-0.1, -0.05) is 26.0 Å². The van der Waals surface area contributed by atoms with Gasteiger partial charge in [0.25, 0.3) is 0 Å². The monoisotopic (exact) mass is 359 g/mol. The summed E-state index contributed by atoms with van der Waals surface area (Å²) in [6, 6.07) is 8.09. The molecule has 0 spiro atoms. The van der Waals surface area contributed by atoms with Crippen LogP contribution >= 0.6 is 11.3 Å². The SMILES string of the molecule is CC(C)C(=O)N1CCC(C(=O)NCCc2nc3ccccc3s2)CC1. The second kappa shape index (κ2) is 7.95. The predicted molar refractivity (Wildman–Crippen MR) is 100 cm³/mol. The molecule has 2 amide bonds. The van der Waals surface area contributed by atoms with Gasteiger partial charge in [0.05, 0.1) is 15.2 Å². The normalized spacial score (nSPS) is 15.7. The van der Waals surface area contributed by atoms with Gasteiger partial charge in [0, 0.05) is 37.9 Å². The number of likely N-dealkylation sites (tertiary alicyclic amines) is 1. The fraction of sp³-hybridized carbons (Fsp3) is 0.526. The first-order chi connectivity index (χ1) is 12.0. The van der Waals surface area contributed by atoms with Gasteiger partial charge in [-0.2, -0.15) is 0 Å². The lowest BCUT2D eigenvalue weighted by Gasteiger charge is -2.32. The minimum atomic E-state index is 0.0200. The predicted octanol–water partition coefficient (Wildman–Crippen LogP) is 2.85. The molecular formula is C19H25N3O2S. The smallest absolute Gasteiger partial charge is 0.225 e. The van der Waals surface area contributed by atoms with Gasteiger partial charge in [-0.25, -0.2) is 4.98 Å². The van der Waals surface area contributed by atoms with Crippen molar-refractivity contribution in [3.05, 3.63) is 29.3 Å². The van der Waals surface area contributed by atoms with Crippen molar-refractivity contribution in [1.29, 1.82) is 0 Å². The first-order valence-electron chi connectivity index (χ1n) is 8.95. The zero-order chi connectivity index (χ0) is 17.8. The molecule has 1 aromatic heterocycles. The molecule has 1 aromatic carbocycles. The number of piperidine rings is 1. The molecule has 0 bridgehead atoms. The Morgan fingerprint density at radius 1 is 1.28 bits per heavy atom. The van der Waals surface area contributed by atoms with E-state index in [1.165, 1.54) is 4.70 Å². The van der Waals surface area contributed by atoms with Crippen molar-refractivity contribution >= 4 is 33.4 Å². The van der Waals surface area contributed by atoms with E-state index in [4.69, 9.17) is 0 Å². The second-order valence-corrected chi connectivity index (χ2v) is 7.99. The summed E-state index contributed by atoms with van der Waals surface area (Å²) in [7, 11) is 0. The summed E-state index contributed by atoms with van der Waals surface area (Å²) in [5.74, 6) is 0.346. The Balaban J connectivity index is 1.43. The lowest BCUT2D eigenvalue weighted by Crippen LogP contribution is -2.44. The minimum Gasteiger partial charge on any atom is -0.355 e. The van der Waals surface area contributed by atoms with Crippen LogP contribution in [0.2, 0.25) is 0 Å². The maximum Gasteiger partial charge on any atom is 0.225 e. The van der Waals surface area contributed by atoms with E-state index in [2.05, 4.69) is 16.4 Å². The highest BCUT2D eigenvalue weighted by molar-refractivity contribution is 7.18. The molecule has 2 heterocycles. The molecule has 5 nitrogen and oxygen atoms in total. The largest absolute Gasteiger partial charge is 0.355 e. The molecule has 0 aliphatic carbocycles. The zero-order valence-electron chi connectivity index (χ0n) is 14.8. The molecule has 0 unspecified atom stereocenters. The van der Waals surface area contributed by atoms with Gasteiger partial charge in [0.2, 0.25) is 11.8 Å². The van der Waals surface area contributed by atoms with Crippen LogP contribution in [0.3, 0.4) is 0 Å². The molecule has 1 saturated heterocycles. The van der Waals surface area contributed by atoms with Crippen molar-refractivity contribution in [3.63, 3.8) is 0 Å². The molecular weight excluding hydrogens is 334 g/mol. The maximum atomic E-state index is 12.3. The molecule has 0 atom stereocenters. The van der Waals surface area contributed by atoms with Gasteiger partial charge in [-0.3, -0.25) is 9.59 Å². The van der Waals surface area contributed by atoms with Crippen LogP contribution in [0, 0.1) is 11.8 Å². The third-order valence-corrected chi connectivity index (χ3v) is 5.74. The molecule has 1 aliphatic rings. The van der Waals surface area contributed by atoms with E-state index >= 15 is 0 Å². The standard InChI is InChI=1S/C19H25N3O2S/c1-13(2)19(24)22-11-8-14(9-12-22)18(23)20-10-7-17-21-15-5-3-4-6-16(15)25-17/h3-6,13-14H,7-12H2,1-2H3,(H,20,23). The topological polar surface area (TPSA) is 62.3 Å². The Morgan fingerprint density at radius 2 is 2.00 bits per heavy atom. The number of nitrogens with one attached hydrogen (secondary N) is 1. The molecule has 134 valence electrons. The number of hydrogen-bond acceptors (Lipinski definition) is 4. The van der Waals surface area contributed by atoms with Crippen LogP contribution in [0.25, 0.3) is 10.2 Å². The van der Waals surface area contributed by atoms with Gasteiger partial charge >= 0.3 is 0 Å². The average Bonchev–Trinajstić information content (AvgIpc) is 3.03. The Bertz CT molecular complexity index is 715. The molecule has 0 radical (unpaired) electrons. The number of para-hydroxylation sites is 1. The number of fused-ring (bicyclic) bond motifs is 1. The van der Waals surface area contributed by atoms with E-state index in [0.717, 1.165) is 29.8 Å². The maximum absolute atomic E-state index is 12.3. The van der Waals surface area contributed by atoms with Crippen molar-refractivity contribution < 1.29 is 9.59 Å². The molecule has 2 aromatic rings. The summed E-state index contributed by atoms with van der Waals surface area (Å²) in [4.78, 5) is 30.8. The fourth-order valence-electron chi connectivity index (χ4n) is 3.19. The van der Waals surface area contributed by atoms with Gasteiger partial charge < -0.3 is 10.2 Å². The Hall–Kier alpha value is -1.95. The number of rotatable bonds is 5. The van der Waals surface area contributed by atoms with Crippen molar-refractivity contribution in [2.24, 2.45) is 11.8 Å². The summed E-state index contributed by atoms with van der Waals surface area (Å²) in [5.41, 5.74) is 1.02. The van der Waals surface area contributed by atoms with E-state index in [0.29, 0.717) is 19.6 Å². The number of amides is 2. The van der Waals surface area contributed by atoms with Gasteiger partial charge in [0.15, 0.2) is 0 Å². The van der Waals surface area contributed by atoms with E-state index in [-0.39, 0.29) is 23.7 Å². The third kappa shape index (κ3) is 4.37. The number of aromatic nitrogens is 1. The van der Waals surface area contributed by atoms with Gasteiger partial charge in [0.1, 0.15) is 0 Å². The molecule has 1 N–H and O–H groups in total. The number of nitrogens with zero attached hydrogens (tertiary/aromatic N) is 2. The molecule has 3 rings (SSSR count). The Kier molecular flexibility index (Phi) is 5.68. The highest BCUT2D eigenvalue weighted by atomic mass is 32.1. The lowest BCUT2D eigenvalue weighted by atomic mass is 9.95. The number of carbonyl (C=O) groups excluding carboxylic acids is 2. The van der Waals surface area contributed by atoms with Crippen molar-refractivity contribution in [1.82, 2.24) is 15.2 Å². The number of benzene rings is 1. The summed E-state index contributed by atoms with van der Waals surface area (Å²) in [5, 5.41) is 4.09.